The fourth-order valence-corrected chi connectivity index (χ4v) is 3.54. The molecule has 114 valence electrons. The van der Waals surface area contributed by atoms with Gasteiger partial charge in [0.25, 0.3) is 0 Å². The molecule has 0 spiro atoms. The van der Waals surface area contributed by atoms with E-state index in [0.717, 1.165) is 17.4 Å². The summed E-state index contributed by atoms with van der Waals surface area (Å²) in [5, 5.41) is 4.80. The zero-order valence-electron chi connectivity index (χ0n) is 13.1. The average molecular weight is 367 g/mol. The van der Waals surface area contributed by atoms with E-state index in [1.54, 1.807) is 0 Å². The minimum absolute atomic E-state index is 0.463. The van der Waals surface area contributed by atoms with Gasteiger partial charge in [-0.25, -0.2) is 4.98 Å². The van der Waals surface area contributed by atoms with E-state index in [0.29, 0.717) is 12.0 Å². The van der Waals surface area contributed by atoms with Gasteiger partial charge >= 0.3 is 0 Å². The predicted molar refractivity (Wildman–Crippen MR) is 95.3 cm³/mol. The molecule has 1 atom stereocenters. The first-order chi connectivity index (χ1) is 9.95. The van der Waals surface area contributed by atoms with Crippen molar-refractivity contribution in [1.29, 1.82) is 0 Å². The highest BCUT2D eigenvalue weighted by Gasteiger charge is 2.15. The van der Waals surface area contributed by atoms with E-state index in [9.17, 15) is 0 Å². The number of nitrogens with zero attached hydrogens (tertiary/aromatic N) is 1. The molecule has 2 rings (SSSR count). The lowest BCUT2D eigenvalue weighted by Crippen LogP contribution is -2.28. The van der Waals surface area contributed by atoms with Crippen molar-refractivity contribution < 1.29 is 0 Å². The van der Waals surface area contributed by atoms with Crippen LogP contribution in [0, 0.1) is 13.8 Å². The summed E-state index contributed by atoms with van der Waals surface area (Å²) < 4.78 is 1.13. The van der Waals surface area contributed by atoms with E-state index in [4.69, 9.17) is 4.98 Å². The minimum atomic E-state index is 0.463. The third kappa shape index (κ3) is 4.90. The van der Waals surface area contributed by atoms with Crippen molar-refractivity contribution in [3.05, 3.63) is 49.9 Å². The fourth-order valence-electron chi connectivity index (χ4n) is 2.26. The third-order valence-electron chi connectivity index (χ3n) is 3.61. The van der Waals surface area contributed by atoms with Crippen LogP contribution in [0.3, 0.4) is 0 Å². The smallest absolute Gasteiger partial charge is 0.0937 e. The van der Waals surface area contributed by atoms with Crippen molar-refractivity contribution in [3.8, 4) is 0 Å². The van der Waals surface area contributed by atoms with E-state index in [1.165, 1.54) is 21.1 Å². The topological polar surface area (TPSA) is 24.9 Å². The molecule has 0 bridgehead atoms. The second-order valence-corrected chi connectivity index (χ2v) is 7.97. The van der Waals surface area contributed by atoms with Gasteiger partial charge in [0.2, 0.25) is 0 Å². The largest absolute Gasteiger partial charge is 0.314 e. The molecule has 1 heterocycles. The monoisotopic (exact) mass is 366 g/mol. The second kappa shape index (κ2) is 7.52. The Labute approximate surface area is 140 Å². The number of hydrogen-bond acceptors (Lipinski definition) is 3. The van der Waals surface area contributed by atoms with Crippen LogP contribution >= 0.6 is 27.3 Å². The van der Waals surface area contributed by atoms with Crippen molar-refractivity contribution in [2.45, 2.75) is 46.1 Å². The van der Waals surface area contributed by atoms with Gasteiger partial charge in [0, 0.05) is 34.3 Å². The summed E-state index contributed by atoms with van der Waals surface area (Å²) >= 11 is 5.34. The Morgan fingerprint density at radius 2 is 1.86 bits per heavy atom. The zero-order valence-corrected chi connectivity index (χ0v) is 15.5. The molecule has 1 aromatic heterocycles. The highest BCUT2D eigenvalue weighted by atomic mass is 79.9. The molecule has 0 aliphatic carbocycles. The Morgan fingerprint density at radius 3 is 2.38 bits per heavy atom. The summed E-state index contributed by atoms with van der Waals surface area (Å²) in [5.74, 6) is 0.463. The fraction of sp³-hybridized carbons (Fsp3) is 0.471. The van der Waals surface area contributed by atoms with Gasteiger partial charge in [0.15, 0.2) is 0 Å². The van der Waals surface area contributed by atoms with Crippen LogP contribution in [0.5, 0.6) is 0 Å². The van der Waals surface area contributed by atoms with Crippen LogP contribution in [0.1, 0.15) is 40.9 Å². The number of halogens is 1. The molecule has 2 nitrogen and oxygen atoms in total. The van der Waals surface area contributed by atoms with Crippen molar-refractivity contribution in [2.24, 2.45) is 0 Å². The van der Waals surface area contributed by atoms with Crippen LogP contribution in [0.25, 0.3) is 0 Å². The molecule has 0 radical (unpaired) electrons. The molecule has 0 aliphatic heterocycles. The number of hydrogen-bond donors (Lipinski definition) is 1. The zero-order chi connectivity index (χ0) is 15.4. The van der Waals surface area contributed by atoms with Crippen molar-refractivity contribution in [2.75, 3.05) is 6.54 Å². The maximum atomic E-state index is 4.70. The van der Waals surface area contributed by atoms with Gasteiger partial charge in [0.1, 0.15) is 0 Å². The molecule has 0 aliphatic rings. The van der Waals surface area contributed by atoms with Crippen LogP contribution in [-0.2, 0) is 6.42 Å². The summed E-state index contributed by atoms with van der Waals surface area (Å²) in [6.07, 6.45) is 1.00. The number of aromatic nitrogens is 1. The number of rotatable bonds is 6. The van der Waals surface area contributed by atoms with Crippen LogP contribution in [0.2, 0.25) is 0 Å². The van der Waals surface area contributed by atoms with Gasteiger partial charge in [-0.05, 0) is 31.5 Å². The Bertz CT molecular complexity index is 555. The molecule has 1 aromatic carbocycles. The van der Waals surface area contributed by atoms with Crippen LogP contribution < -0.4 is 5.32 Å². The number of aryl methyl sites for hydroxylation is 2. The first-order valence-electron chi connectivity index (χ1n) is 7.37. The molecule has 2 aromatic rings. The lowest BCUT2D eigenvalue weighted by molar-refractivity contribution is 0.526. The Morgan fingerprint density at radius 1 is 1.19 bits per heavy atom. The Hall–Kier alpha value is -0.710. The normalized spacial score (nSPS) is 12.9. The predicted octanol–water partition coefficient (Wildman–Crippen LogP) is 4.85. The van der Waals surface area contributed by atoms with Crippen LogP contribution in [0.4, 0.5) is 0 Å². The molecule has 0 amide bonds. The molecular formula is C17H23BrN2S. The van der Waals surface area contributed by atoms with E-state index in [1.807, 2.05) is 11.3 Å². The summed E-state index contributed by atoms with van der Waals surface area (Å²) in [6.45, 7) is 9.61. The van der Waals surface area contributed by atoms with E-state index >= 15 is 0 Å². The number of nitrogens with one attached hydrogen (secondary N) is 1. The molecule has 1 unspecified atom stereocenters. The summed E-state index contributed by atoms with van der Waals surface area (Å²) in [5.41, 5.74) is 2.54. The van der Waals surface area contributed by atoms with Crippen LogP contribution in [-0.4, -0.2) is 17.6 Å². The summed E-state index contributed by atoms with van der Waals surface area (Å²) in [4.78, 5) is 6.03. The molecule has 0 saturated heterocycles. The molecule has 4 heteroatoms. The molecule has 0 saturated carbocycles. The maximum absolute atomic E-state index is 4.70. The highest BCUT2D eigenvalue weighted by Crippen LogP contribution is 2.26. The van der Waals surface area contributed by atoms with Gasteiger partial charge in [-0.2, -0.15) is 0 Å². The summed E-state index contributed by atoms with van der Waals surface area (Å²) in [7, 11) is 0. The minimum Gasteiger partial charge on any atom is -0.314 e. The van der Waals surface area contributed by atoms with Crippen molar-refractivity contribution >= 4 is 27.3 Å². The molecule has 0 fully saturated rings. The van der Waals surface area contributed by atoms with Gasteiger partial charge < -0.3 is 5.32 Å². The molecular weight excluding hydrogens is 344 g/mol. The lowest BCUT2D eigenvalue weighted by Gasteiger charge is -2.19. The average Bonchev–Trinajstić information content (AvgIpc) is 2.74. The van der Waals surface area contributed by atoms with Gasteiger partial charge in [0.05, 0.1) is 10.7 Å². The summed E-state index contributed by atoms with van der Waals surface area (Å²) in [6, 6.07) is 9.17. The van der Waals surface area contributed by atoms with Gasteiger partial charge in [-0.1, -0.05) is 41.9 Å². The first-order valence-corrected chi connectivity index (χ1v) is 8.98. The Kier molecular flexibility index (Phi) is 5.97. The Balaban J connectivity index is 2.16. The van der Waals surface area contributed by atoms with Crippen molar-refractivity contribution in [1.82, 2.24) is 10.3 Å². The van der Waals surface area contributed by atoms with E-state index in [-0.39, 0.29) is 0 Å². The molecule has 1 N–H and O–H groups in total. The first kappa shape index (κ1) is 16.7. The number of thiazole rings is 1. The van der Waals surface area contributed by atoms with Crippen molar-refractivity contribution in [3.63, 3.8) is 0 Å². The van der Waals surface area contributed by atoms with Gasteiger partial charge in [-0.3, -0.25) is 0 Å². The second-order valence-electron chi connectivity index (χ2n) is 5.76. The standard InChI is InChI=1S/C17H23BrN2S/c1-11(2)19-10-15(14-5-7-16(18)8-6-14)9-17-20-12(3)13(4)21-17/h5-8,11,15,19H,9-10H2,1-4H3. The van der Waals surface area contributed by atoms with Gasteiger partial charge in [-0.15, -0.1) is 11.3 Å². The number of benzene rings is 1. The quantitative estimate of drug-likeness (QED) is 0.790. The molecule has 21 heavy (non-hydrogen) atoms. The SMILES string of the molecule is Cc1nc(CC(CNC(C)C)c2ccc(Br)cc2)sc1C. The van der Waals surface area contributed by atoms with Crippen LogP contribution in [0.15, 0.2) is 28.7 Å². The van der Waals surface area contributed by atoms with E-state index in [2.05, 4.69) is 73.2 Å². The highest BCUT2D eigenvalue weighted by molar-refractivity contribution is 9.10. The lowest BCUT2D eigenvalue weighted by atomic mass is 9.95. The third-order valence-corrected chi connectivity index (χ3v) is 5.23. The maximum Gasteiger partial charge on any atom is 0.0937 e. The van der Waals surface area contributed by atoms with E-state index < -0.39 is 0 Å².